The zero-order valence-corrected chi connectivity index (χ0v) is 21.1. The lowest BCUT2D eigenvalue weighted by atomic mass is 9.91. The number of hydrogen-bond donors (Lipinski definition) is 0. The van der Waals surface area contributed by atoms with Gasteiger partial charge < -0.3 is 14.4 Å². The van der Waals surface area contributed by atoms with Gasteiger partial charge in [-0.05, 0) is 75.5 Å². The highest BCUT2D eigenvalue weighted by Crippen LogP contribution is 2.48. The van der Waals surface area contributed by atoms with E-state index in [1.54, 1.807) is 33.2 Å². The molecule has 0 unspecified atom stereocenters. The highest BCUT2D eigenvalue weighted by molar-refractivity contribution is 6.30. The highest BCUT2D eigenvalue weighted by atomic mass is 35.5. The first-order valence-corrected chi connectivity index (χ1v) is 12.4. The maximum Gasteiger partial charge on any atom is 0.338 e. The molecule has 1 aliphatic carbocycles. The zero-order chi connectivity index (χ0) is 25.2. The molecule has 1 saturated heterocycles. The van der Waals surface area contributed by atoms with Gasteiger partial charge in [-0.2, -0.15) is 0 Å². The van der Waals surface area contributed by atoms with Crippen molar-refractivity contribution in [2.24, 2.45) is 17.8 Å². The normalized spacial score (nSPS) is 20.4. The fourth-order valence-electron chi connectivity index (χ4n) is 4.65. The van der Waals surface area contributed by atoms with E-state index in [-0.39, 0.29) is 17.5 Å². The molecule has 1 saturated carbocycles. The molecule has 2 heterocycles. The quantitative estimate of drug-likeness (QED) is 0.499. The van der Waals surface area contributed by atoms with Gasteiger partial charge in [0, 0.05) is 13.1 Å². The minimum Gasteiger partial charge on any atom is -0.462 e. The smallest absolute Gasteiger partial charge is 0.338 e. The third-order valence-electron chi connectivity index (χ3n) is 6.48. The van der Waals surface area contributed by atoms with Crippen LogP contribution in [-0.2, 0) is 20.7 Å². The van der Waals surface area contributed by atoms with Gasteiger partial charge in [-0.1, -0.05) is 17.7 Å². The van der Waals surface area contributed by atoms with Crippen LogP contribution in [0.15, 0.2) is 30.6 Å². The molecule has 1 aromatic heterocycles. The predicted molar refractivity (Wildman–Crippen MR) is 130 cm³/mol. The van der Waals surface area contributed by atoms with Gasteiger partial charge in [0.05, 0.1) is 36.0 Å². The Morgan fingerprint density at radius 1 is 1.17 bits per heavy atom. The van der Waals surface area contributed by atoms with Crippen LogP contribution in [0.25, 0.3) is 0 Å². The van der Waals surface area contributed by atoms with Gasteiger partial charge >= 0.3 is 11.9 Å². The van der Waals surface area contributed by atoms with E-state index < -0.39 is 23.4 Å². The summed E-state index contributed by atoms with van der Waals surface area (Å²) in [6, 6.07) is 4.05. The first kappa shape index (κ1) is 25.4. The summed E-state index contributed by atoms with van der Waals surface area (Å²) >= 11 is 5.87. The number of ether oxygens (including phenoxy) is 2. The van der Waals surface area contributed by atoms with E-state index >= 15 is 0 Å². The van der Waals surface area contributed by atoms with Gasteiger partial charge in [-0.25, -0.2) is 19.2 Å². The lowest BCUT2D eigenvalue weighted by molar-refractivity contribution is -0.153. The van der Waals surface area contributed by atoms with Crippen LogP contribution in [0.1, 0.15) is 56.0 Å². The summed E-state index contributed by atoms with van der Waals surface area (Å²) in [5, 5.41) is 0.526. The lowest BCUT2D eigenvalue weighted by Crippen LogP contribution is -2.35. The SMILES string of the molecule is CC(C)(C)OC(=O)Cc1ccc(C(=O)OC[C@@H]2C[C@@H]2C2CCN(c3ncc(Cl)cn3)CC2)cc1F. The monoisotopic (exact) mass is 503 g/mol. The number of rotatable bonds is 7. The van der Waals surface area contributed by atoms with Gasteiger partial charge in [0.15, 0.2) is 0 Å². The molecule has 35 heavy (non-hydrogen) atoms. The number of esters is 2. The summed E-state index contributed by atoms with van der Waals surface area (Å²) in [4.78, 5) is 35.2. The van der Waals surface area contributed by atoms with Crippen molar-refractivity contribution in [2.75, 3.05) is 24.6 Å². The molecule has 0 amide bonds. The molecule has 2 aromatic rings. The fourth-order valence-corrected chi connectivity index (χ4v) is 4.75. The topological polar surface area (TPSA) is 81.6 Å². The third kappa shape index (κ3) is 6.90. The van der Waals surface area contributed by atoms with Crippen molar-refractivity contribution >= 4 is 29.5 Å². The molecule has 0 bridgehead atoms. The third-order valence-corrected chi connectivity index (χ3v) is 6.68. The number of carbonyl (C=O) groups excluding carboxylic acids is 2. The van der Waals surface area contributed by atoms with Gasteiger partial charge in [0.1, 0.15) is 11.4 Å². The summed E-state index contributed by atoms with van der Waals surface area (Å²) in [5.74, 6) is 0.505. The van der Waals surface area contributed by atoms with Crippen LogP contribution in [0.4, 0.5) is 10.3 Å². The van der Waals surface area contributed by atoms with E-state index in [1.165, 1.54) is 12.1 Å². The molecule has 0 radical (unpaired) electrons. The molecule has 188 valence electrons. The largest absolute Gasteiger partial charge is 0.462 e. The van der Waals surface area contributed by atoms with Gasteiger partial charge in [0.25, 0.3) is 0 Å². The first-order valence-electron chi connectivity index (χ1n) is 12.0. The maximum atomic E-state index is 14.5. The van der Waals surface area contributed by atoms with Crippen LogP contribution < -0.4 is 4.90 Å². The van der Waals surface area contributed by atoms with Crippen LogP contribution in [0.5, 0.6) is 0 Å². The molecule has 4 rings (SSSR count). The van der Waals surface area contributed by atoms with Crippen molar-refractivity contribution in [1.29, 1.82) is 0 Å². The van der Waals surface area contributed by atoms with Crippen molar-refractivity contribution in [2.45, 2.75) is 52.1 Å². The molecular weight excluding hydrogens is 473 g/mol. The van der Waals surface area contributed by atoms with E-state index in [2.05, 4.69) is 14.9 Å². The van der Waals surface area contributed by atoms with E-state index in [9.17, 15) is 14.0 Å². The van der Waals surface area contributed by atoms with Crippen molar-refractivity contribution in [1.82, 2.24) is 9.97 Å². The summed E-state index contributed by atoms with van der Waals surface area (Å²) in [6.45, 7) is 7.39. The minimum absolute atomic E-state index is 0.143. The molecule has 2 aliphatic rings. The molecule has 7 nitrogen and oxygen atoms in total. The van der Waals surface area contributed by atoms with Crippen molar-refractivity contribution < 1.29 is 23.5 Å². The Labute approximate surface area is 210 Å². The number of aromatic nitrogens is 2. The van der Waals surface area contributed by atoms with E-state index in [4.69, 9.17) is 21.1 Å². The number of carbonyl (C=O) groups is 2. The second-order valence-corrected chi connectivity index (χ2v) is 10.8. The first-order chi connectivity index (χ1) is 16.6. The number of hydrogen-bond acceptors (Lipinski definition) is 7. The van der Waals surface area contributed by atoms with Crippen LogP contribution in [0.2, 0.25) is 5.02 Å². The summed E-state index contributed by atoms with van der Waals surface area (Å²) < 4.78 is 25.2. The fraction of sp³-hybridized carbons (Fsp3) is 0.538. The summed E-state index contributed by atoms with van der Waals surface area (Å²) in [6.07, 6.45) is 6.17. The summed E-state index contributed by atoms with van der Waals surface area (Å²) in [5.41, 5.74) is -0.308. The second kappa shape index (κ2) is 10.5. The van der Waals surface area contributed by atoms with Crippen LogP contribution in [0.3, 0.4) is 0 Å². The van der Waals surface area contributed by atoms with Crippen molar-refractivity contribution in [3.8, 4) is 0 Å². The van der Waals surface area contributed by atoms with Crippen molar-refractivity contribution in [3.63, 3.8) is 0 Å². The number of piperidine rings is 1. The summed E-state index contributed by atoms with van der Waals surface area (Å²) in [7, 11) is 0. The predicted octanol–water partition coefficient (Wildman–Crippen LogP) is 4.86. The average molecular weight is 504 g/mol. The molecule has 9 heteroatoms. The molecular formula is C26H31ClFN3O4. The lowest BCUT2D eigenvalue weighted by Gasteiger charge is -2.32. The maximum absolute atomic E-state index is 14.5. The number of benzene rings is 1. The molecule has 1 aromatic carbocycles. The van der Waals surface area contributed by atoms with Crippen molar-refractivity contribution in [3.05, 3.63) is 52.6 Å². The number of nitrogens with zero attached hydrogens (tertiary/aromatic N) is 3. The van der Waals surface area contributed by atoms with Gasteiger partial charge in [0.2, 0.25) is 5.95 Å². The van der Waals surface area contributed by atoms with Crippen LogP contribution >= 0.6 is 11.6 Å². The molecule has 2 fully saturated rings. The second-order valence-electron chi connectivity index (χ2n) is 10.4. The van der Waals surface area contributed by atoms with E-state index in [0.717, 1.165) is 38.4 Å². The zero-order valence-electron chi connectivity index (χ0n) is 20.3. The van der Waals surface area contributed by atoms with Crippen LogP contribution in [0, 0.1) is 23.6 Å². The average Bonchev–Trinajstić information content (AvgIpc) is 3.58. The Bertz CT molecular complexity index is 1070. The van der Waals surface area contributed by atoms with Crippen LogP contribution in [-0.4, -0.2) is 47.2 Å². The van der Waals surface area contributed by atoms with E-state index in [0.29, 0.717) is 35.3 Å². The highest BCUT2D eigenvalue weighted by Gasteiger charge is 2.44. The Kier molecular flexibility index (Phi) is 7.59. The molecule has 2 atom stereocenters. The Morgan fingerprint density at radius 3 is 2.49 bits per heavy atom. The minimum atomic E-state index is -0.639. The Morgan fingerprint density at radius 2 is 1.86 bits per heavy atom. The Balaban J connectivity index is 1.21. The number of anilines is 1. The van der Waals surface area contributed by atoms with Gasteiger partial charge in [-0.3, -0.25) is 4.79 Å². The molecule has 1 aliphatic heterocycles. The van der Waals surface area contributed by atoms with Gasteiger partial charge in [-0.15, -0.1) is 0 Å². The van der Waals surface area contributed by atoms with E-state index in [1.807, 2.05) is 0 Å². The Hall–Kier alpha value is -2.74. The number of halogens is 2. The molecule has 0 N–H and O–H groups in total. The molecule has 0 spiro atoms. The standard InChI is InChI=1S/C26H31ClFN3O4/c1-26(2,3)35-23(32)12-17-4-5-18(11-22(17)28)24(33)34-15-19-10-21(19)16-6-8-31(9-7-16)25-29-13-20(27)14-30-25/h4-5,11,13-14,16,19,21H,6-10,12,15H2,1-3H3/t19-,21+/m0/s1.